The second kappa shape index (κ2) is 8.51. The van der Waals surface area contributed by atoms with Crippen LogP contribution in [0.2, 0.25) is 0 Å². The molecule has 0 radical (unpaired) electrons. The summed E-state index contributed by atoms with van der Waals surface area (Å²) in [4.78, 5) is 18.9. The summed E-state index contributed by atoms with van der Waals surface area (Å²) in [6.45, 7) is 2.01. The van der Waals surface area contributed by atoms with E-state index in [2.05, 4.69) is 10.1 Å². The van der Waals surface area contributed by atoms with Gasteiger partial charge in [-0.05, 0) is 38.0 Å². The second-order valence-corrected chi connectivity index (χ2v) is 8.25. The third-order valence-electron chi connectivity index (χ3n) is 6.15. The number of amides is 1. The molecule has 1 amide bonds. The van der Waals surface area contributed by atoms with Crippen molar-refractivity contribution in [3.63, 3.8) is 0 Å². The Labute approximate surface area is 155 Å². The van der Waals surface area contributed by atoms with Crippen molar-refractivity contribution in [1.82, 2.24) is 15.0 Å². The van der Waals surface area contributed by atoms with Gasteiger partial charge in [-0.25, -0.2) is 0 Å². The summed E-state index contributed by atoms with van der Waals surface area (Å²) in [6, 6.07) is 0. The zero-order valence-corrected chi connectivity index (χ0v) is 15.7. The Balaban J connectivity index is 1.13. The van der Waals surface area contributed by atoms with Crippen LogP contribution in [-0.2, 0) is 16.1 Å². The molecule has 0 bridgehead atoms. The number of likely N-dealkylation sites (tertiary alicyclic amines) is 1. The van der Waals surface area contributed by atoms with E-state index < -0.39 is 0 Å². The Morgan fingerprint density at radius 3 is 2.58 bits per heavy atom. The lowest BCUT2D eigenvalue weighted by molar-refractivity contribution is -0.134. The molecule has 144 valence electrons. The second-order valence-electron chi connectivity index (χ2n) is 8.25. The van der Waals surface area contributed by atoms with Gasteiger partial charge in [-0.15, -0.1) is 0 Å². The Bertz CT molecular complexity index is 585. The van der Waals surface area contributed by atoms with Gasteiger partial charge in [0, 0.05) is 25.4 Å². The smallest absolute Gasteiger partial charge is 0.252 e. The van der Waals surface area contributed by atoms with Gasteiger partial charge in [0.2, 0.25) is 5.91 Å². The fraction of sp³-hybridized carbons (Fsp3) is 0.850. The van der Waals surface area contributed by atoms with Crippen molar-refractivity contribution >= 4 is 5.91 Å². The number of carbonyl (C=O) groups excluding carboxylic acids is 1. The minimum Gasteiger partial charge on any atom is -0.368 e. The van der Waals surface area contributed by atoms with Crippen LogP contribution in [-0.4, -0.2) is 40.1 Å². The van der Waals surface area contributed by atoms with Crippen LogP contribution in [0, 0.1) is 5.92 Å². The summed E-state index contributed by atoms with van der Waals surface area (Å²) < 4.78 is 11.2. The fourth-order valence-corrected chi connectivity index (χ4v) is 4.26. The minimum absolute atomic E-state index is 0.189. The van der Waals surface area contributed by atoms with Crippen LogP contribution in [0.15, 0.2) is 4.52 Å². The molecule has 1 aliphatic heterocycles. The zero-order valence-electron chi connectivity index (χ0n) is 15.7. The number of hydrogen-bond donors (Lipinski definition) is 0. The number of nitrogens with zero attached hydrogens (tertiary/aromatic N) is 3. The lowest BCUT2D eigenvalue weighted by atomic mass is 9.86. The highest BCUT2D eigenvalue weighted by molar-refractivity contribution is 5.76. The van der Waals surface area contributed by atoms with Crippen LogP contribution in [0.3, 0.4) is 0 Å². The number of ether oxygens (including phenoxy) is 1. The summed E-state index contributed by atoms with van der Waals surface area (Å²) >= 11 is 0. The van der Waals surface area contributed by atoms with Gasteiger partial charge in [-0.1, -0.05) is 37.3 Å². The Morgan fingerprint density at radius 1 is 1.08 bits per heavy atom. The minimum atomic E-state index is 0.189. The zero-order chi connectivity index (χ0) is 17.8. The lowest BCUT2D eigenvalue weighted by Gasteiger charge is -2.32. The summed E-state index contributed by atoms with van der Waals surface area (Å²) in [5.41, 5.74) is 0. The average Bonchev–Trinajstić information content (AvgIpc) is 3.44. The standard InChI is InChI=1S/C20H31N3O3/c24-19(9-6-15-4-2-1-3-5-15)23-12-10-17(11-13-23)25-14-18-21-20(22-26-18)16-7-8-16/h15-17H,1-14H2. The first-order valence-corrected chi connectivity index (χ1v) is 10.5. The molecular weight excluding hydrogens is 330 g/mol. The van der Waals surface area contributed by atoms with E-state index >= 15 is 0 Å². The van der Waals surface area contributed by atoms with Crippen molar-refractivity contribution in [2.24, 2.45) is 5.92 Å². The van der Waals surface area contributed by atoms with Gasteiger partial charge in [0.25, 0.3) is 5.89 Å². The molecule has 0 aromatic carbocycles. The molecular formula is C20H31N3O3. The maximum absolute atomic E-state index is 12.5. The van der Waals surface area contributed by atoms with Crippen molar-refractivity contribution < 1.29 is 14.1 Å². The summed E-state index contributed by atoms with van der Waals surface area (Å²) in [5.74, 6) is 3.04. The van der Waals surface area contributed by atoms with Crippen LogP contribution >= 0.6 is 0 Å². The van der Waals surface area contributed by atoms with E-state index in [1.165, 1.54) is 44.9 Å². The maximum atomic E-state index is 12.5. The van der Waals surface area contributed by atoms with E-state index in [1.807, 2.05) is 4.90 Å². The molecule has 0 unspecified atom stereocenters. The molecule has 2 heterocycles. The van der Waals surface area contributed by atoms with E-state index in [-0.39, 0.29) is 6.10 Å². The monoisotopic (exact) mass is 361 g/mol. The fourth-order valence-electron chi connectivity index (χ4n) is 4.26. The molecule has 0 N–H and O–H groups in total. The van der Waals surface area contributed by atoms with Gasteiger partial charge in [-0.2, -0.15) is 4.98 Å². The molecule has 26 heavy (non-hydrogen) atoms. The van der Waals surface area contributed by atoms with Crippen LogP contribution in [0.5, 0.6) is 0 Å². The maximum Gasteiger partial charge on any atom is 0.252 e. The van der Waals surface area contributed by atoms with Crippen molar-refractivity contribution in [2.45, 2.75) is 89.3 Å². The first-order chi connectivity index (χ1) is 12.8. The number of carbonyl (C=O) groups is 1. The highest BCUT2D eigenvalue weighted by atomic mass is 16.5. The Kier molecular flexibility index (Phi) is 5.88. The van der Waals surface area contributed by atoms with Crippen LogP contribution < -0.4 is 0 Å². The predicted octanol–water partition coefficient (Wildman–Crippen LogP) is 3.82. The van der Waals surface area contributed by atoms with Crippen molar-refractivity contribution in [1.29, 1.82) is 0 Å². The molecule has 4 rings (SSSR count). The molecule has 1 aromatic heterocycles. The highest BCUT2D eigenvalue weighted by Crippen LogP contribution is 2.38. The Hall–Kier alpha value is -1.43. The molecule has 1 saturated heterocycles. The number of aromatic nitrogens is 2. The van der Waals surface area contributed by atoms with Crippen molar-refractivity contribution in [3.8, 4) is 0 Å². The predicted molar refractivity (Wildman–Crippen MR) is 96.5 cm³/mol. The van der Waals surface area contributed by atoms with Crippen LogP contribution in [0.25, 0.3) is 0 Å². The van der Waals surface area contributed by atoms with Gasteiger partial charge in [-0.3, -0.25) is 4.79 Å². The lowest BCUT2D eigenvalue weighted by Crippen LogP contribution is -2.40. The summed E-state index contributed by atoms with van der Waals surface area (Å²) in [5, 5.41) is 4.02. The molecule has 3 fully saturated rings. The molecule has 2 saturated carbocycles. The van der Waals surface area contributed by atoms with Crippen LogP contribution in [0.1, 0.15) is 88.3 Å². The summed E-state index contributed by atoms with van der Waals surface area (Å²) in [7, 11) is 0. The first kappa shape index (κ1) is 18.0. The van der Waals surface area contributed by atoms with E-state index in [0.717, 1.165) is 50.5 Å². The van der Waals surface area contributed by atoms with Crippen molar-refractivity contribution in [3.05, 3.63) is 11.7 Å². The average molecular weight is 361 g/mol. The van der Waals surface area contributed by atoms with Gasteiger partial charge in [0.05, 0.1) is 6.10 Å². The molecule has 3 aliphatic rings. The molecule has 0 atom stereocenters. The molecule has 6 heteroatoms. The van der Waals surface area contributed by atoms with E-state index in [1.54, 1.807) is 0 Å². The van der Waals surface area contributed by atoms with E-state index in [4.69, 9.17) is 9.26 Å². The molecule has 1 aromatic rings. The SMILES string of the molecule is O=C(CCC1CCCCC1)N1CCC(OCc2nc(C3CC3)no2)CC1. The topological polar surface area (TPSA) is 68.5 Å². The number of hydrogen-bond acceptors (Lipinski definition) is 5. The van der Waals surface area contributed by atoms with Crippen LogP contribution in [0.4, 0.5) is 0 Å². The van der Waals surface area contributed by atoms with Gasteiger partial charge in [0.15, 0.2) is 5.82 Å². The molecule has 0 spiro atoms. The third-order valence-corrected chi connectivity index (χ3v) is 6.15. The first-order valence-electron chi connectivity index (χ1n) is 10.5. The highest BCUT2D eigenvalue weighted by Gasteiger charge is 2.29. The van der Waals surface area contributed by atoms with Crippen molar-refractivity contribution in [2.75, 3.05) is 13.1 Å². The number of piperidine rings is 1. The van der Waals surface area contributed by atoms with E-state index in [0.29, 0.717) is 24.3 Å². The van der Waals surface area contributed by atoms with Gasteiger partial charge >= 0.3 is 0 Å². The van der Waals surface area contributed by atoms with Gasteiger partial charge < -0.3 is 14.2 Å². The Morgan fingerprint density at radius 2 is 1.85 bits per heavy atom. The molecule has 6 nitrogen and oxygen atoms in total. The largest absolute Gasteiger partial charge is 0.368 e. The third kappa shape index (κ3) is 4.84. The number of rotatable bonds is 7. The summed E-state index contributed by atoms with van der Waals surface area (Å²) in [6.07, 6.45) is 12.9. The van der Waals surface area contributed by atoms with Gasteiger partial charge in [0.1, 0.15) is 6.61 Å². The molecule has 2 aliphatic carbocycles. The normalized spacial score (nSPS) is 22.7. The quantitative estimate of drug-likeness (QED) is 0.738. The van der Waals surface area contributed by atoms with E-state index in [9.17, 15) is 4.79 Å².